The lowest BCUT2D eigenvalue weighted by Crippen LogP contribution is -2.49. The minimum atomic E-state index is -0.662. The second kappa shape index (κ2) is 9.15. The summed E-state index contributed by atoms with van der Waals surface area (Å²) in [4.78, 5) is 29.3. The molecule has 8 heteroatoms. The Morgan fingerprint density at radius 3 is 2.40 bits per heavy atom. The van der Waals surface area contributed by atoms with Gasteiger partial charge in [0, 0.05) is 17.1 Å². The summed E-state index contributed by atoms with van der Waals surface area (Å²) < 4.78 is 16.5. The van der Waals surface area contributed by atoms with Crippen molar-refractivity contribution in [3.8, 4) is 17.2 Å². The predicted molar refractivity (Wildman–Crippen MR) is 133 cm³/mol. The Hall–Kier alpha value is -3.71. The first-order valence-corrected chi connectivity index (χ1v) is 11.6. The zero-order valence-electron chi connectivity index (χ0n) is 19.6. The molecule has 180 valence electrons. The van der Waals surface area contributed by atoms with Crippen LogP contribution < -0.4 is 19.5 Å². The van der Waals surface area contributed by atoms with Crippen LogP contribution in [0.2, 0.25) is 5.02 Å². The van der Waals surface area contributed by atoms with Crippen LogP contribution in [0.4, 0.5) is 5.69 Å². The maximum atomic E-state index is 14.0. The molecule has 0 fully saturated rings. The molecule has 0 radical (unpaired) electrons. The Labute approximate surface area is 208 Å². The van der Waals surface area contributed by atoms with Crippen molar-refractivity contribution in [3.05, 3.63) is 81.9 Å². The Morgan fingerprint density at radius 2 is 1.66 bits per heavy atom. The molecular weight excluding hydrogens is 468 g/mol. The second-order valence-electron chi connectivity index (χ2n) is 8.50. The summed E-state index contributed by atoms with van der Waals surface area (Å²) in [7, 11) is 4.70. The number of hydrogen-bond acceptors (Lipinski definition) is 5. The lowest BCUT2D eigenvalue weighted by Gasteiger charge is -2.45. The molecule has 3 aromatic rings. The summed E-state index contributed by atoms with van der Waals surface area (Å²) in [5.41, 5.74) is 3.57. The first kappa shape index (κ1) is 23.1. The van der Waals surface area contributed by atoms with Crippen molar-refractivity contribution in [1.29, 1.82) is 0 Å². The fraction of sp³-hybridized carbons (Fsp3) is 0.259. The summed E-state index contributed by atoms with van der Waals surface area (Å²) in [6, 6.07) is 15.6. The van der Waals surface area contributed by atoms with Crippen LogP contribution >= 0.6 is 11.6 Å². The number of nitrogens with zero attached hydrogens (tertiary/aromatic N) is 1. The molecule has 0 saturated heterocycles. The molecule has 2 atom stereocenters. The number of nitrogens with one attached hydrogen (secondary N) is 1. The van der Waals surface area contributed by atoms with Crippen molar-refractivity contribution in [1.82, 2.24) is 4.90 Å². The number of benzene rings is 3. The van der Waals surface area contributed by atoms with E-state index in [1.807, 2.05) is 30.3 Å². The zero-order valence-corrected chi connectivity index (χ0v) is 20.4. The van der Waals surface area contributed by atoms with Crippen molar-refractivity contribution < 1.29 is 23.8 Å². The van der Waals surface area contributed by atoms with E-state index in [1.165, 1.54) is 7.11 Å². The zero-order chi connectivity index (χ0) is 24.7. The highest BCUT2D eigenvalue weighted by molar-refractivity contribution is 6.31. The molecule has 0 aromatic heterocycles. The smallest absolute Gasteiger partial charge is 0.254 e. The number of carbonyl (C=O) groups excluding carboxylic acids is 2. The topological polar surface area (TPSA) is 77.1 Å². The molecule has 2 aliphatic rings. The normalized spacial score (nSPS) is 18.2. The third-order valence-electron chi connectivity index (χ3n) is 6.73. The molecule has 3 aromatic carbocycles. The number of methoxy groups -OCH3 is 3. The SMILES string of the molecule is COc1ccc(Cl)cc1NC(=O)[C@H]1c2ccccc2C(=O)N2CCc3cc(OC)c(OC)cc3[C@H]12. The molecule has 2 amide bonds. The van der Waals surface area contributed by atoms with Gasteiger partial charge in [-0.3, -0.25) is 9.59 Å². The summed E-state index contributed by atoms with van der Waals surface area (Å²) in [5.74, 6) is 0.653. The van der Waals surface area contributed by atoms with Crippen LogP contribution in [0.15, 0.2) is 54.6 Å². The molecule has 1 N–H and O–H groups in total. The van der Waals surface area contributed by atoms with E-state index in [1.54, 1.807) is 43.4 Å². The van der Waals surface area contributed by atoms with E-state index in [4.69, 9.17) is 25.8 Å². The number of fused-ring (bicyclic) bond motifs is 4. The van der Waals surface area contributed by atoms with Gasteiger partial charge in [0.05, 0.1) is 39.0 Å². The van der Waals surface area contributed by atoms with E-state index in [-0.39, 0.29) is 11.8 Å². The molecule has 0 unspecified atom stereocenters. The minimum Gasteiger partial charge on any atom is -0.495 e. The van der Waals surface area contributed by atoms with Gasteiger partial charge in [-0.1, -0.05) is 29.8 Å². The number of ether oxygens (including phenoxy) is 3. The average Bonchev–Trinajstić information content (AvgIpc) is 2.88. The van der Waals surface area contributed by atoms with Crippen molar-refractivity contribution in [2.45, 2.75) is 18.4 Å². The van der Waals surface area contributed by atoms with Crippen LogP contribution in [0, 0.1) is 0 Å². The van der Waals surface area contributed by atoms with Gasteiger partial charge in [-0.2, -0.15) is 0 Å². The van der Waals surface area contributed by atoms with Crippen molar-refractivity contribution in [3.63, 3.8) is 0 Å². The lowest BCUT2D eigenvalue weighted by atomic mass is 9.75. The molecule has 2 heterocycles. The summed E-state index contributed by atoms with van der Waals surface area (Å²) >= 11 is 6.20. The quantitative estimate of drug-likeness (QED) is 0.551. The molecule has 0 saturated carbocycles. The molecular formula is C27H25ClN2O5. The highest BCUT2D eigenvalue weighted by Gasteiger charge is 2.46. The molecule has 5 rings (SSSR count). The van der Waals surface area contributed by atoms with Crippen LogP contribution in [-0.2, 0) is 11.2 Å². The van der Waals surface area contributed by atoms with Crippen molar-refractivity contribution in [2.24, 2.45) is 0 Å². The maximum Gasteiger partial charge on any atom is 0.254 e. The second-order valence-corrected chi connectivity index (χ2v) is 8.93. The largest absolute Gasteiger partial charge is 0.495 e. The van der Waals surface area contributed by atoms with Gasteiger partial charge in [0.2, 0.25) is 5.91 Å². The van der Waals surface area contributed by atoms with E-state index in [9.17, 15) is 9.59 Å². The molecule has 0 aliphatic carbocycles. The Balaban J connectivity index is 1.66. The lowest BCUT2D eigenvalue weighted by molar-refractivity contribution is -0.119. The Bertz CT molecular complexity index is 1320. The standard InChI is InChI=1S/C27H25ClN2O5/c1-33-21-9-8-16(28)13-20(21)29-26(31)24-17-6-4-5-7-18(17)27(32)30-11-10-15-12-22(34-2)23(35-3)14-19(15)25(24)30/h4-9,12-14,24-25H,10-11H2,1-3H3,(H,29,31)/t24-,25+/m0/s1. The fourth-order valence-electron chi connectivity index (χ4n) is 5.12. The number of halogens is 1. The van der Waals surface area contributed by atoms with E-state index < -0.39 is 12.0 Å². The average molecular weight is 493 g/mol. The van der Waals surface area contributed by atoms with E-state index in [2.05, 4.69) is 5.32 Å². The predicted octanol–water partition coefficient (Wildman–Crippen LogP) is 4.84. The summed E-state index contributed by atoms with van der Waals surface area (Å²) in [5, 5.41) is 3.47. The molecule has 7 nitrogen and oxygen atoms in total. The van der Waals surface area contributed by atoms with E-state index in [0.717, 1.165) is 11.1 Å². The third kappa shape index (κ3) is 3.86. The van der Waals surface area contributed by atoms with Crippen LogP contribution in [0.1, 0.15) is 39.0 Å². The maximum absolute atomic E-state index is 14.0. The van der Waals surface area contributed by atoms with Crippen molar-refractivity contribution >= 4 is 29.1 Å². The fourth-order valence-corrected chi connectivity index (χ4v) is 5.30. The number of rotatable bonds is 5. The van der Waals surface area contributed by atoms with Gasteiger partial charge in [-0.05, 0) is 59.5 Å². The number of carbonyl (C=O) groups is 2. The highest BCUT2D eigenvalue weighted by atomic mass is 35.5. The molecule has 35 heavy (non-hydrogen) atoms. The molecule has 2 aliphatic heterocycles. The number of hydrogen-bond donors (Lipinski definition) is 1. The van der Waals surface area contributed by atoms with Gasteiger partial charge in [0.25, 0.3) is 5.91 Å². The van der Waals surface area contributed by atoms with Gasteiger partial charge in [-0.15, -0.1) is 0 Å². The van der Waals surface area contributed by atoms with E-state index >= 15 is 0 Å². The van der Waals surface area contributed by atoms with Gasteiger partial charge in [0.1, 0.15) is 5.75 Å². The van der Waals surface area contributed by atoms with Crippen LogP contribution in [-0.4, -0.2) is 44.6 Å². The highest BCUT2D eigenvalue weighted by Crippen LogP contribution is 2.48. The third-order valence-corrected chi connectivity index (χ3v) is 6.96. The van der Waals surface area contributed by atoms with Crippen LogP contribution in [0.25, 0.3) is 0 Å². The Morgan fingerprint density at radius 1 is 0.943 bits per heavy atom. The first-order valence-electron chi connectivity index (χ1n) is 11.3. The Kier molecular flexibility index (Phi) is 6.03. The van der Waals surface area contributed by atoms with E-state index in [0.29, 0.717) is 52.1 Å². The van der Waals surface area contributed by atoms with Gasteiger partial charge >= 0.3 is 0 Å². The van der Waals surface area contributed by atoms with Gasteiger partial charge < -0.3 is 24.4 Å². The van der Waals surface area contributed by atoms with Crippen molar-refractivity contribution in [2.75, 3.05) is 33.2 Å². The first-order chi connectivity index (χ1) is 17.0. The molecule has 0 spiro atoms. The monoisotopic (exact) mass is 492 g/mol. The molecule has 0 bridgehead atoms. The van der Waals surface area contributed by atoms with Gasteiger partial charge in [0.15, 0.2) is 11.5 Å². The summed E-state index contributed by atoms with van der Waals surface area (Å²) in [6.45, 7) is 0.491. The minimum absolute atomic E-state index is 0.0876. The summed E-state index contributed by atoms with van der Waals surface area (Å²) in [6.07, 6.45) is 0.649. The van der Waals surface area contributed by atoms with Crippen LogP contribution in [0.5, 0.6) is 17.2 Å². The van der Waals surface area contributed by atoms with Crippen LogP contribution in [0.3, 0.4) is 0 Å². The number of anilines is 1. The number of amides is 2. The van der Waals surface area contributed by atoms with Gasteiger partial charge in [-0.25, -0.2) is 0 Å².